The Morgan fingerprint density at radius 3 is 2.65 bits per heavy atom. The summed E-state index contributed by atoms with van der Waals surface area (Å²) in [6, 6.07) is 8.79. The second kappa shape index (κ2) is 7.06. The van der Waals surface area contributed by atoms with E-state index in [1.165, 1.54) is 6.07 Å². The Bertz CT molecular complexity index is 797. The SMILES string of the molecule is CC1CCN(C(=O)c2ccc(N3CCc4cc(F)ccc4C3)nc2)CC1. The van der Waals surface area contributed by atoms with Crippen LogP contribution in [-0.4, -0.2) is 35.4 Å². The highest BCUT2D eigenvalue weighted by molar-refractivity contribution is 5.94. The standard InChI is InChI=1S/C21H24FN3O/c1-15-6-9-24(10-7-15)21(26)17-3-5-20(23-13-17)25-11-8-16-12-19(22)4-2-18(16)14-25/h2-5,12-13,15H,6-11,14H2,1H3. The average Bonchev–Trinajstić information content (AvgIpc) is 2.68. The van der Waals surface area contributed by atoms with Crippen LogP contribution in [0.15, 0.2) is 36.5 Å². The highest BCUT2D eigenvalue weighted by Gasteiger charge is 2.22. The Morgan fingerprint density at radius 2 is 1.92 bits per heavy atom. The second-order valence-electron chi connectivity index (χ2n) is 7.46. The lowest BCUT2D eigenvalue weighted by Crippen LogP contribution is -2.38. The van der Waals surface area contributed by atoms with Gasteiger partial charge in [-0.1, -0.05) is 13.0 Å². The Balaban J connectivity index is 1.45. The van der Waals surface area contributed by atoms with E-state index in [1.807, 2.05) is 23.1 Å². The molecule has 3 heterocycles. The predicted molar refractivity (Wildman–Crippen MR) is 99.7 cm³/mol. The first kappa shape index (κ1) is 17.0. The molecule has 4 rings (SSSR count). The van der Waals surface area contributed by atoms with Crippen LogP contribution in [0, 0.1) is 11.7 Å². The van der Waals surface area contributed by atoms with Crippen molar-refractivity contribution in [2.45, 2.75) is 32.7 Å². The summed E-state index contributed by atoms with van der Waals surface area (Å²) in [5, 5.41) is 0. The fourth-order valence-corrected chi connectivity index (χ4v) is 3.81. The van der Waals surface area contributed by atoms with Crippen molar-refractivity contribution < 1.29 is 9.18 Å². The van der Waals surface area contributed by atoms with E-state index in [-0.39, 0.29) is 11.7 Å². The van der Waals surface area contributed by atoms with Gasteiger partial charge in [-0.05, 0) is 60.6 Å². The molecule has 0 saturated carbocycles. The largest absolute Gasteiger partial charge is 0.352 e. The van der Waals surface area contributed by atoms with Gasteiger partial charge in [0.2, 0.25) is 0 Å². The van der Waals surface area contributed by atoms with Gasteiger partial charge in [0.15, 0.2) is 0 Å². The maximum Gasteiger partial charge on any atom is 0.255 e. The topological polar surface area (TPSA) is 36.4 Å². The smallest absolute Gasteiger partial charge is 0.255 e. The van der Waals surface area contributed by atoms with Crippen LogP contribution < -0.4 is 4.90 Å². The summed E-state index contributed by atoms with van der Waals surface area (Å²) in [4.78, 5) is 21.3. The number of carbonyl (C=O) groups excluding carboxylic acids is 1. The van der Waals surface area contributed by atoms with Gasteiger partial charge >= 0.3 is 0 Å². The van der Waals surface area contributed by atoms with E-state index in [0.29, 0.717) is 11.5 Å². The van der Waals surface area contributed by atoms with E-state index < -0.39 is 0 Å². The summed E-state index contributed by atoms with van der Waals surface area (Å²) in [6.07, 6.45) is 4.65. The van der Waals surface area contributed by atoms with Crippen molar-refractivity contribution in [2.24, 2.45) is 5.92 Å². The first-order chi connectivity index (χ1) is 12.6. The van der Waals surface area contributed by atoms with Gasteiger partial charge in [-0.3, -0.25) is 4.79 Å². The van der Waals surface area contributed by atoms with Crippen molar-refractivity contribution in [3.05, 3.63) is 59.0 Å². The van der Waals surface area contributed by atoms with Crippen molar-refractivity contribution in [3.63, 3.8) is 0 Å². The number of hydrogen-bond acceptors (Lipinski definition) is 3. The molecule has 1 aromatic carbocycles. The molecule has 0 N–H and O–H groups in total. The first-order valence-electron chi connectivity index (χ1n) is 9.38. The van der Waals surface area contributed by atoms with E-state index in [0.717, 1.165) is 62.4 Å². The Kier molecular flexibility index (Phi) is 4.62. The maximum absolute atomic E-state index is 13.3. The van der Waals surface area contributed by atoms with E-state index in [4.69, 9.17) is 0 Å². The minimum absolute atomic E-state index is 0.0791. The number of rotatable bonds is 2. The van der Waals surface area contributed by atoms with E-state index in [2.05, 4.69) is 16.8 Å². The summed E-state index contributed by atoms with van der Waals surface area (Å²) >= 11 is 0. The molecule has 1 aromatic heterocycles. The van der Waals surface area contributed by atoms with Gasteiger partial charge < -0.3 is 9.80 Å². The van der Waals surface area contributed by atoms with Gasteiger partial charge in [-0.25, -0.2) is 9.37 Å². The fraction of sp³-hybridized carbons (Fsp3) is 0.429. The molecule has 0 unspecified atom stereocenters. The normalized spacial score (nSPS) is 17.9. The van der Waals surface area contributed by atoms with Gasteiger partial charge in [0.1, 0.15) is 11.6 Å². The first-order valence-corrected chi connectivity index (χ1v) is 9.38. The summed E-state index contributed by atoms with van der Waals surface area (Å²) in [7, 11) is 0. The third-order valence-electron chi connectivity index (χ3n) is 5.57. The predicted octanol–water partition coefficient (Wildman–Crippen LogP) is 3.66. The summed E-state index contributed by atoms with van der Waals surface area (Å²) in [5.74, 6) is 1.47. The van der Waals surface area contributed by atoms with Gasteiger partial charge in [0.05, 0.1) is 5.56 Å². The maximum atomic E-state index is 13.3. The molecule has 0 radical (unpaired) electrons. The molecule has 2 aliphatic heterocycles. The number of aromatic nitrogens is 1. The van der Waals surface area contributed by atoms with Crippen LogP contribution >= 0.6 is 0 Å². The van der Waals surface area contributed by atoms with E-state index >= 15 is 0 Å². The van der Waals surface area contributed by atoms with Crippen LogP contribution in [0.2, 0.25) is 0 Å². The van der Waals surface area contributed by atoms with Crippen LogP contribution in [0.1, 0.15) is 41.3 Å². The average molecular weight is 353 g/mol. The number of likely N-dealkylation sites (tertiary alicyclic amines) is 1. The molecule has 2 aromatic rings. The van der Waals surface area contributed by atoms with E-state index in [9.17, 15) is 9.18 Å². The molecule has 26 heavy (non-hydrogen) atoms. The Labute approximate surface area is 153 Å². The molecule has 0 aliphatic carbocycles. The number of fused-ring (bicyclic) bond motifs is 1. The number of amides is 1. The minimum atomic E-state index is -0.176. The number of anilines is 1. The zero-order valence-electron chi connectivity index (χ0n) is 15.1. The second-order valence-corrected chi connectivity index (χ2v) is 7.46. The third kappa shape index (κ3) is 3.43. The zero-order valence-corrected chi connectivity index (χ0v) is 15.1. The molecule has 4 nitrogen and oxygen atoms in total. The summed E-state index contributed by atoms with van der Waals surface area (Å²) in [6.45, 7) is 5.44. The number of benzene rings is 1. The van der Waals surface area contributed by atoms with Crippen LogP contribution in [-0.2, 0) is 13.0 Å². The van der Waals surface area contributed by atoms with Crippen LogP contribution in [0.4, 0.5) is 10.2 Å². The molecular weight excluding hydrogens is 329 g/mol. The number of nitrogens with zero attached hydrogens (tertiary/aromatic N) is 3. The molecule has 5 heteroatoms. The van der Waals surface area contributed by atoms with Gasteiger partial charge in [-0.2, -0.15) is 0 Å². The molecule has 0 spiro atoms. The number of pyridine rings is 1. The van der Waals surface area contributed by atoms with Crippen LogP contribution in [0.3, 0.4) is 0 Å². The van der Waals surface area contributed by atoms with E-state index in [1.54, 1.807) is 12.3 Å². The molecule has 2 aliphatic rings. The van der Waals surface area contributed by atoms with Crippen molar-refractivity contribution >= 4 is 11.7 Å². The van der Waals surface area contributed by atoms with Crippen molar-refractivity contribution in [2.75, 3.05) is 24.5 Å². The number of piperidine rings is 1. The zero-order chi connectivity index (χ0) is 18.1. The number of hydrogen-bond donors (Lipinski definition) is 0. The number of carbonyl (C=O) groups is 1. The molecule has 0 atom stereocenters. The molecule has 136 valence electrons. The molecular formula is C21H24FN3O. The lowest BCUT2D eigenvalue weighted by Gasteiger charge is -2.31. The van der Waals surface area contributed by atoms with Gasteiger partial charge in [0.25, 0.3) is 5.91 Å². The highest BCUT2D eigenvalue weighted by atomic mass is 19.1. The summed E-state index contributed by atoms with van der Waals surface area (Å²) < 4.78 is 13.3. The molecule has 1 saturated heterocycles. The fourth-order valence-electron chi connectivity index (χ4n) is 3.81. The van der Waals surface area contributed by atoms with Crippen LogP contribution in [0.5, 0.6) is 0 Å². The van der Waals surface area contributed by atoms with Crippen molar-refractivity contribution in [3.8, 4) is 0 Å². The Morgan fingerprint density at radius 1 is 1.12 bits per heavy atom. The van der Waals surface area contributed by atoms with Crippen LogP contribution in [0.25, 0.3) is 0 Å². The Hall–Kier alpha value is -2.43. The molecule has 1 amide bonds. The lowest BCUT2D eigenvalue weighted by molar-refractivity contribution is 0.0697. The molecule has 1 fully saturated rings. The summed E-state index contributed by atoms with van der Waals surface area (Å²) in [5.41, 5.74) is 2.87. The number of halogens is 1. The lowest BCUT2D eigenvalue weighted by atomic mass is 9.98. The van der Waals surface area contributed by atoms with Gasteiger partial charge in [-0.15, -0.1) is 0 Å². The minimum Gasteiger partial charge on any atom is -0.352 e. The monoisotopic (exact) mass is 353 g/mol. The quantitative estimate of drug-likeness (QED) is 0.827. The highest BCUT2D eigenvalue weighted by Crippen LogP contribution is 2.24. The van der Waals surface area contributed by atoms with Crippen molar-refractivity contribution in [1.82, 2.24) is 9.88 Å². The third-order valence-corrected chi connectivity index (χ3v) is 5.57. The van der Waals surface area contributed by atoms with Gasteiger partial charge in [0, 0.05) is 32.4 Å². The van der Waals surface area contributed by atoms with Crippen molar-refractivity contribution in [1.29, 1.82) is 0 Å². The molecule has 0 bridgehead atoms.